The molecule has 2 amide bonds. The molecule has 4 N–H and O–H groups in total. The number of nitrogens with one attached hydrogen (secondary N) is 2. The number of nitrogens with two attached hydrogens (primary N) is 1. The second-order valence-electron chi connectivity index (χ2n) is 7.87. The van der Waals surface area contributed by atoms with E-state index in [9.17, 15) is 27.2 Å². The average Bonchev–Trinajstić information content (AvgIpc) is 3.46. The Hall–Kier alpha value is -4.00. The van der Waals surface area contributed by atoms with Crippen molar-refractivity contribution in [2.24, 2.45) is 0 Å². The summed E-state index contributed by atoms with van der Waals surface area (Å²) >= 11 is 1.14. The van der Waals surface area contributed by atoms with Crippen molar-refractivity contribution in [3.8, 4) is 11.1 Å². The van der Waals surface area contributed by atoms with E-state index in [1.807, 2.05) is 5.32 Å². The fourth-order valence-corrected chi connectivity index (χ4v) is 4.29. The summed E-state index contributed by atoms with van der Waals surface area (Å²) in [5.74, 6) is -1.88. The van der Waals surface area contributed by atoms with Crippen molar-refractivity contribution >= 4 is 34.7 Å². The van der Waals surface area contributed by atoms with E-state index in [0.29, 0.717) is 16.0 Å². The molecule has 0 saturated heterocycles. The molecule has 4 aromatic rings. The number of carbonyl (C=O) groups excluding carboxylic acids is 2. The molecule has 13 heteroatoms. The number of thiophene rings is 1. The second kappa shape index (κ2) is 9.93. The minimum absolute atomic E-state index is 0.00160. The van der Waals surface area contributed by atoms with Crippen LogP contribution in [0.2, 0.25) is 0 Å². The van der Waals surface area contributed by atoms with Gasteiger partial charge in [0.2, 0.25) is 5.95 Å². The third kappa shape index (κ3) is 5.46. The normalized spacial score (nSPS) is 12.5. The predicted octanol–water partition coefficient (Wildman–Crippen LogP) is 4.18. The van der Waals surface area contributed by atoms with Gasteiger partial charge in [-0.15, -0.1) is 16.4 Å². The van der Waals surface area contributed by atoms with E-state index in [4.69, 9.17) is 5.73 Å². The maximum Gasteiger partial charge on any atom is 0.408 e. The van der Waals surface area contributed by atoms with Gasteiger partial charge in [-0.3, -0.25) is 9.59 Å². The van der Waals surface area contributed by atoms with Crippen molar-refractivity contribution in [3.05, 3.63) is 69.8 Å². The Morgan fingerprint density at radius 2 is 1.86 bits per heavy atom. The van der Waals surface area contributed by atoms with E-state index in [1.165, 1.54) is 35.8 Å². The highest BCUT2D eigenvalue weighted by atomic mass is 32.1. The van der Waals surface area contributed by atoms with Crippen molar-refractivity contribution < 1.29 is 27.2 Å². The lowest BCUT2D eigenvalue weighted by Gasteiger charge is -2.20. The summed E-state index contributed by atoms with van der Waals surface area (Å²) in [6.45, 7) is 1.51. The first kappa shape index (κ1) is 25.1. The Balaban J connectivity index is 1.59. The number of aromatic nitrogens is 3. The lowest BCUT2D eigenvalue weighted by Crippen LogP contribution is -2.45. The van der Waals surface area contributed by atoms with E-state index >= 15 is 0 Å². The number of halogens is 4. The zero-order valence-corrected chi connectivity index (χ0v) is 19.6. The van der Waals surface area contributed by atoms with Gasteiger partial charge in [0.05, 0.1) is 10.4 Å². The van der Waals surface area contributed by atoms with E-state index in [2.05, 4.69) is 15.4 Å². The van der Waals surface area contributed by atoms with Crippen molar-refractivity contribution in [2.75, 3.05) is 5.73 Å². The van der Waals surface area contributed by atoms with Crippen LogP contribution in [0.15, 0.2) is 48.0 Å². The van der Waals surface area contributed by atoms with Crippen LogP contribution in [0, 0.1) is 5.82 Å². The number of benzene rings is 1. The first-order valence-electron chi connectivity index (χ1n) is 10.7. The lowest BCUT2D eigenvalue weighted by molar-refractivity contribution is -0.153. The molecule has 0 aliphatic carbocycles. The van der Waals surface area contributed by atoms with Gasteiger partial charge < -0.3 is 16.4 Å². The maximum absolute atomic E-state index is 13.2. The molecule has 0 saturated carbocycles. The number of pyridine rings is 1. The molecule has 0 spiro atoms. The van der Waals surface area contributed by atoms with Gasteiger partial charge in [-0.2, -0.15) is 18.2 Å². The van der Waals surface area contributed by atoms with Crippen molar-refractivity contribution in [3.63, 3.8) is 0 Å². The minimum atomic E-state index is -4.62. The molecule has 0 radical (unpaired) electrons. The lowest BCUT2D eigenvalue weighted by atomic mass is 10.1. The van der Waals surface area contributed by atoms with Crippen LogP contribution < -0.4 is 16.4 Å². The number of nitrogens with zero attached hydrogens (tertiary/aromatic N) is 3. The highest BCUT2D eigenvalue weighted by Crippen LogP contribution is 2.29. The largest absolute Gasteiger partial charge is 0.408 e. The van der Waals surface area contributed by atoms with E-state index in [0.717, 1.165) is 16.9 Å². The standard InChI is InChI=1S/C23H20F4N6O2S/c1-2-18(23(25,26)27)30-20(34)16-7-13(10-33-19(16)31-22(28)32-33)14-8-17(36-11-14)21(35)29-9-12-3-5-15(24)6-4-12/h3-8,10-11,18H,2,9H2,1H3,(H2,28,32)(H,29,35)(H,30,34)/t18-/m0/s1. The molecule has 1 aromatic carbocycles. The van der Waals surface area contributed by atoms with Crippen molar-refractivity contribution in [1.82, 2.24) is 25.2 Å². The van der Waals surface area contributed by atoms with Crippen LogP contribution in [0.4, 0.5) is 23.5 Å². The Kier molecular flexibility index (Phi) is 6.93. The van der Waals surface area contributed by atoms with Crippen LogP contribution in [-0.2, 0) is 6.54 Å². The Labute approximate surface area is 206 Å². The molecular formula is C23H20F4N6O2S. The summed E-state index contributed by atoms with van der Waals surface area (Å²) in [5, 5.41) is 10.4. The van der Waals surface area contributed by atoms with E-state index < -0.39 is 18.1 Å². The van der Waals surface area contributed by atoms with Gasteiger partial charge in [-0.25, -0.2) is 8.91 Å². The fourth-order valence-electron chi connectivity index (χ4n) is 3.46. The third-order valence-electron chi connectivity index (χ3n) is 5.33. The topological polar surface area (TPSA) is 114 Å². The molecule has 0 aliphatic rings. The van der Waals surface area contributed by atoms with Crippen LogP contribution in [0.3, 0.4) is 0 Å². The Bertz CT molecular complexity index is 1410. The number of amides is 2. The molecule has 4 rings (SSSR count). The monoisotopic (exact) mass is 520 g/mol. The summed E-state index contributed by atoms with van der Waals surface area (Å²) in [7, 11) is 0. The van der Waals surface area contributed by atoms with Crippen LogP contribution >= 0.6 is 11.3 Å². The molecule has 0 unspecified atom stereocenters. The minimum Gasteiger partial charge on any atom is -0.366 e. The van der Waals surface area contributed by atoms with Crippen molar-refractivity contribution in [1.29, 1.82) is 0 Å². The number of alkyl halides is 3. The quantitative estimate of drug-likeness (QED) is 0.317. The number of fused-ring (bicyclic) bond motifs is 1. The van der Waals surface area contributed by atoms with Gasteiger partial charge in [-0.05, 0) is 47.2 Å². The number of hydrogen-bond donors (Lipinski definition) is 3. The van der Waals surface area contributed by atoms with Gasteiger partial charge in [0, 0.05) is 18.3 Å². The Morgan fingerprint density at radius 1 is 1.14 bits per heavy atom. The number of rotatable bonds is 7. The summed E-state index contributed by atoms with van der Waals surface area (Å²) in [6.07, 6.45) is -3.45. The van der Waals surface area contributed by atoms with E-state index in [-0.39, 0.29) is 41.8 Å². The maximum atomic E-state index is 13.2. The van der Waals surface area contributed by atoms with Gasteiger partial charge in [0.25, 0.3) is 11.8 Å². The summed E-state index contributed by atoms with van der Waals surface area (Å²) < 4.78 is 53.9. The molecule has 3 heterocycles. The molecule has 0 aliphatic heterocycles. The zero-order chi connectivity index (χ0) is 26.0. The molecule has 36 heavy (non-hydrogen) atoms. The fraction of sp³-hybridized carbons (Fsp3) is 0.217. The third-order valence-corrected chi connectivity index (χ3v) is 6.25. The first-order chi connectivity index (χ1) is 17.0. The number of carbonyl (C=O) groups is 2. The molecule has 0 bridgehead atoms. The van der Waals surface area contributed by atoms with Crippen LogP contribution in [0.1, 0.15) is 38.9 Å². The van der Waals surface area contributed by atoms with Gasteiger partial charge in [0.15, 0.2) is 5.65 Å². The molecule has 1 atom stereocenters. The average molecular weight is 521 g/mol. The summed E-state index contributed by atoms with van der Waals surface area (Å²) in [4.78, 5) is 29.7. The van der Waals surface area contributed by atoms with Crippen molar-refractivity contribution in [2.45, 2.75) is 32.1 Å². The highest BCUT2D eigenvalue weighted by molar-refractivity contribution is 7.12. The molecular weight excluding hydrogens is 500 g/mol. The number of hydrogen-bond acceptors (Lipinski definition) is 6. The highest BCUT2D eigenvalue weighted by Gasteiger charge is 2.39. The summed E-state index contributed by atoms with van der Waals surface area (Å²) in [5.41, 5.74) is 7.19. The van der Waals surface area contributed by atoms with Gasteiger partial charge in [-0.1, -0.05) is 19.1 Å². The molecule has 3 aromatic heterocycles. The SMILES string of the molecule is CC[C@H](NC(=O)c1cc(-c2csc(C(=O)NCc3ccc(F)cc3)c2)cn2nc(N)nc12)C(F)(F)F. The van der Waals surface area contributed by atoms with Crippen LogP contribution in [0.25, 0.3) is 16.8 Å². The smallest absolute Gasteiger partial charge is 0.366 e. The molecule has 0 fully saturated rings. The molecule has 8 nitrogen and oxygen atoms in total. The molecule has 188 valence electrons. The zero-order valence-electron chi connectivity index (χ0n) is 18.8. The number of anilines is 1. The predicted molar refractivity (Wildman–Crippen MR) is 126 cm³/mol. The van der Waals surface area contributed by atoms with Crippen LogP contribution in [0.5, 0.6) is 0 Å². The number of nitrogen functional groups attached to an aromatic ring is 1. The second-order valence-corrected chi connectivity index (χ2v) is 8.78. The van der Waals surface area contributed by atoms with E-state index in [1.54, 1.807) is 23.6 Å². The Morgan fingerprint density at radius 3 is 2.53 bits per heavy atom. The van der Waals surface area contributed by atoms with Crippen LogP contribution in [-0.4, -0.2) is 38.6 Å². The van der Waals surface area contributed by atoms with Gasteiger partial charge in [0.1, 0.15) is 11.9 Å². The first-order valence-corrected chi connectivity index (χ1v) is 11.6. The summed E-state index contributed by atoms with van der Waals surface area (Å²) in [6, 6.07) is 6.63. The van der Waals surface area contributed by atoms with Gasteiger partial charge >= 0.3 is 6.18 Å².